The van der Waals surface area contributed by atoms with Crippen molar-refractivity contribution in [1.82, 2.24) is 5.32 Å². The summed E-state index contributed by atoms with van der Waals surface area (Å²) >= 11 is 1.42. The Balaban J connectivity index is 1.63. The van der Waals surface area contributed by atoms with Gasteiger partial charge in [0.15, 0.2) is 18.2 Å². The molecule has 0 bridgehead atoms. The van der Waals surface area contributed by atoms with Crippen LogP contribution in [-0.4, -0.2) is 144 Å². The number of hydrogen-bond acceptors (Lipinski definition) is 16. The molecule has 5 rings (SSSR count). The largest absolute Gasteiger partial charge is 0.497 e. The van der Waals surface area contributed by atoms with Gasteiger partial charge in [0.2, 0.25) is 0 Å². The molecule has 16 heteroatoms. The van der Waals surface area contributed by atoms with E-state index >= 15 is 4.79 Å². The van der Waals surface area contributed by atoms with Crippen molar-refractivity contribution >= 4 is 29.5 Å². The molecule has 1 N–H and O–H groups in total. The van der Waals surface area contributed by atoms with Gasteiger partial charge < -0.3 is 57.4 Å². The second-order valence-corrected chi connectivity index (χ2v) is 20.6. The molecule has 4 heterocycles. The highest BCUT2D eigenvalue weighted by Gasteiger charge is 2.62. The standard InChI is InChI=1S/C49H79NO14S/c1-17-35-49(10)37(41(45(53)64-49)65-25-32-18-20-33(54-12)21-19-32)28(4)38(51)26(2)23-47(8,57-15)42(63-46-40(55-13)34(50-11)22-27(3)59-46)29(5)39(30(6)44(52)61-35)62-36-24-48(9,58-16)43(56-14)31(7)60-36/h18-21,26-31,34-37,39-43,46,50H,17,22-25H2,1-16H3/t26-,27-,28?,29+,30-,31+,34+,35-,36+,37?,39+,40-,41?,42-,43+,46+,47-,48-,49-/m1/s1. The Morgan fingerprint density at radius 3 is 2.00 bits per heavy atom. The van der Waals surface area contributed by atoms with Gasteiger partial charge in [-0.05, 0) is 85.5 Å². The van der Waals surface area contributed by atoms with Crippen LogP contribution in [0.5, 0.6) is 5.75 Å². The lowest BCUT2D eigenvalue weighted by atomic mass is 9.70. The molecule has 4 aliphatic rings. The van der Waals surface area contributed by atoms with Gasteiger partial charge in [-0.1, -0.05) is 39.8 Å². The molecule has 4 fully saturated rings. The Morgan fingerprint density at radius 1 is 0.785 bits per heavy atom. The van der Waals surface area contributed by atoms with Gasteiger partial charge in [0.05, 0.1) is 48.6 Å². The smallest absolute Gasteiger partial charge is 0.320 e. The predicted molar refractivity (Wildman–Crippen MR) is 245 cm³/mol. The first kappa shape index (κ1) is 53.6. The fraction of sp³-hybridized carbons (Fsp3) is 0.816. The lowest BCUT2D eigenvalue weighted by Gasteiger charge is -2.50. The fourth-order valence-electron chi connectivity index (χ4n) is 11.3. The van der Waals surface area contributed by atoms with Gasteiger partial charge in [-0.15, -0.1) is 11.8 Å². The van der Waals surface area contributed by atoms with Crippen LogP contribution in [0.2, 0.25) is 0 Å². The zero-order valence-corrected chi connectivity index (χ0v) is 42.5. The summed E-state index contributed by atoms with van der Waals surface area (Å²) in [5.41, 5.74) is -2.33. The van der Waals surface area contributed by atoms with Crippen LogP contribution in [0.3, 0.4) is 0 Å². The molecular weight excluding hydrogens is 859 g/mol. The summed E-state index contributed by atoms with van der Waals surface area (Å²) in [4.78, 5) is 44.3. The fourth-order valence-corrected chi connectivity index (χ4v) is 12.8. The summed E-state index contributed by atoms with van der Waals surface area (Å²) in [7, 11) is 9.99. The SMILES string of the molecule is CC[C@H]1OC(=O)[C@H](C)[C@@H](O[C@H]2C[C@@](C)(OC)[C@@H](OC)[C@H](C)O2)[C@H](C)[C@@H](O[C@@H]2O[C@H](C)C[C@H](NC)[C@H]2OC)[C@](C)(OC)C[C@@H](C)C(=O)C(C)C2C(SCc3ccc(OC)cc3)C(=O)O[C@@]21C. The molecule has 0 amide bonds. The van der Waals surface area contributed by atoms with Gasteiger partial charge in [-0.3, -0.25) is 14.4 Å². The molecule has 0 saturated carbocycles. The number of benzene rings is 1. The number of carbonyl (C=O) groups excluding carboxylic acids is 3. The predicted octanol–water partition coefficient (Wildman–Crippen LogP) is 6.54. The highest BCUT2D eigenvalue weighted by molar-refractivity contribution is 7.99. The summed E-state index contributed by atoms with van der Waals surface area (Å²) < 4.78 is 70.0. The molecule has 1 aromatic carbocycles. The number of carbonyl (C=O) groups is 3. The minimum Gasteiger partial charge on any atom is -0.497 e. The number of thioether (sulfide) groups is 1. The summed E-state index contributed by atoms with van der Waals surface area (Å²) in [6.45, 7) is 19.0. The van der Waals surface area contributed by atoms with Crippen molar-refractivity contribution in [2.45, 2.75) is 184 Å². The van der Waals surface area contributed by atoms with Crippen molar-refractivity contribution in [3.05, 3.63) is 29.8 Å². The monoisotopic (exact) mass is 938 g/mol. The van der Waals surface area contributed by atoms with Gasteiger partial charge in [0.1, 0.15) is 35.1 Å². The molecule has 0 aromatic heterocycles. The van der Waals surface area contributed by atoms with E-state index in [4.69, 9.17) is 52.1 Å². The number of rotatable bonds is 14. The third-order valence-electron chi connectivity index (χ3n) is 15.0. The van der Waals surface area contributed by atoms with E-state index in [0.29, 0.717) is 18.6 Å². The lowest BCUT2D eigenvalue weighted by molar-refractivity contribution is -0.320. The third-order valence-corrected chi connectivity index (χ3v) is 16.4. The van der Waals surface area contributed by atoms with Crippen LogP contribution < -0.4 is 10.1 Å². The Hall–Kier alpha value is -2.38. The van der Waals surface area contributed by atoms with Gasteiger partial charge in [-0.2, -0.15) is 0 Å². The Morgan fingerprint density at radius 2 is 1.43 bits per heavy atom. The molecule has 1 aromatic rings. The van der Waals surface area contributed by atoms with E-state index in [1.54, 1.807) is 49.4 Å². The number of esters is 2. The second kappa shape index (κ2) is 22.4. The number of likely N-dealkylation sites (N-methyl/N-ethyl adjacent to an activating group) is 1. The normalized spacial score (nSPS) is 43.3. The summed E-state index contributed by atoms with van der Waals surface area (Å²) in [6, 6.07) is 7.56. The molecular formula is C49H79NO14S. The van der Waals surface area contributed by atoms with E-state index in [-0.39, 0.29) is 30.8 Å². The first-order valence-corrected chi connectivity index (χ1v) is 24.4. The average Bonchev–Trinajstić information content (AvgIpc) is 3.55. The maximum Gasteiger partial charge on any atom is 0.320 e. The number of Topliss-reactive ketones (excluding diaryl/α,β-unsaturated/α-hetero) is 1. The van der Waals surface area contributed by atoms with Crippen LogP contribution in [0.4, 0.5) is 0 Å². The van der Waals surface area contributed by atoms with Gasteiger partial charge >= 0.3 is 11.9 Å². The number of nitrogens with one attached hydrogen (secondary N) is 1. The van der Waals surface area contributed by atoms with E-state index in [9.17, 15) is 9.59 Å². The molecule has 15 nitrogen and oxygen atoms in total. The molecule has 370 valence electrons. The van der Waals surface area contributed by atoms with E-state index < -0.39 is 113 Å². The van der Waals surface area contributed by atoms with Crippen molar-refractivity contribution in [2.75, 3.05) is 42.6 Å². The van der Waals surface area contributed by atoms with E-state index in [2.05, 4.69) is 5.32 Å². The van der Waals surface area contributed by atoms with Crippen molar-refractivity contribution < 1.29 is 66.5 Å². The highest BCUT2D eigenvalue weighted by atomic mass is 32.2. The molecule has 4 aliphatic heterocycles. The van der Waals surface area contributed by atoms with E-state index in [1.165, 1.54) is 11.8 Å². The number of cyclic esters (lactones) is 1. The van der Waals surface area contributed by atoms with E-state index in [0.717, 1.165) is 11.3 Å². The molecule has 0 aliphatic carbocycles. The molecule has 4 saturated heterocycles. The van der Waals surface area contributed by atoms with Crippen molar-refractivity contribution in [3.8, 4) is 5.75 Å². The first-order chi connectivity index (χ1) is 30.7. The second-order valence-electron chi connectivity index (χ2n) is 19.5. The van der Waals surface area contributed by atoms with Gasteiger partial charge in [-0.25, -0.2) is 0 Å². The summed E-state index contributed by atoms with van der Waals surface area (Å²) in [5.74, 6) is -3.39. The van der Waals surface area contributed by atoms with Crippen LogP contribution in [0.1, 0.15) is 100 Å². The molecule has 19 atom stereocenters. The molecule has 0 spiro atoms. The number of fused-ring (bicyclic) bond motifs is 1. The number of methoxy groups -OCH3 is 5. The van der Waals surface area contributed by atoms with Gasteiger partial charge in [0.25, 0.3) is 0 Å². The first-order valence-electron chi connectivity index (χ1n) is 23.4. The highest BCUT2D eigenvalue weighted by Crippen LogP contribution is 2.50. The zero-order valence-electron chi connectivity index (χ0n) is 41.7. The topological polar surface area (TPSA) is 165 Å². The Kier molecular flexibility index (Phi) is 18.4. The average molecular weight is 938 g/mol. The molecule has 0 radical (unpaired) electrons. The van der Waals surface area contributed by atoms with Gasteiger partial charge in [0, 0.05) is 70.3 Å². The maximum atomic E-state index is 15.1. The van der Waals surface area contributed by atoms with Crippen LogP contribution >= 0.6 is 11.8 Å². The summed E-state index contributed by atoms with van der Waals surface area (Å²) in [6.07, 6.45) is -4.39. The maximum absolute atomic E-state index is 15.1. The summed E-state index contributed by atoms with van der Waals surface area (Å²) in [5, 5.41) is 2.63. The minimum absolute atomic E-state index is 0.0765. The van der Waals surface area contributed by atoms with Crippen molar-refractivity contribution in [1.29, 1.82) is 0 Å². The van der Waals surface area contributed by atoms with Crippen LogP contribution in [0.15, 0.2) is 24.3 Å². The Bertz CT molecular complexity index is 1740. The lowest BCUT2D eigenvalue weighted by Crippen LogP contribution is -2.61. The number of ether oxygens (including phenoxy) is 11. The minimum atomic E-state index is -1.35. The van der Waals surface area contributed by atoms with Crippen molar-refractivity contribution in [3.63, 3.8) is 0 Å². The molecule has 65 heavy (non-hydrogen) atoms. The third kappa shape index (κ3) is 11.2. The quantitative estimate of drug-likeness (QED) is 0.200. The van der Waals surface area contributed by atoms with Crippen molar-refractivity contribution in [2.24, 2.45) is 29.6 Å². The van der Waals surface area contributed by atoms with Crippen LogP contribution in [0, 0.1) is 29.6 Å². The zero-order chi connectivity index (χ0) is 48.2. The molecule has 3 unspecified atom stereocenters. The Labute approximate surface area is 392 Å². The number of hydrogen-bond donors (Lipinski definition) is 1. The van der Waals surface area contributed by atoms with Crippen LogP contribution in [0.25, 0.3) is 0 Å². The van der Waals surface area contributed by atoms with E-state index in [1.807, 2.05) is 86.7 Å². The van der Waals surface area contributed by atoms with Crippen LogP contribution in [-0.2, 0) is 67.5 Å². The number of ketones is 1.